The third kappa shape index (κ3) is 5.55. The van der Waals surface area contributed by atoms with E-state index in [1.165, 1.54) is 17.3 Å². The van der Waals surface area contributed by atoms with E-state index in [1.807, 2.05) is 0 Å². The van der Waals surface area contributed by atoms with Crippen LogP contribution < -0.4 is 15.4 Å². The molecule has 0 aromatic carbocycles. The second-order valence-corrected chi connectivity index (χ2v) is 9.26. The van der Waals surface area contributed by atoms with Gasteiger partial charge >= 0.3 is 6.03 Å². The van der Waals surface area contributed by atoms with E-state index in [0.29, 0.717) is 30.2 Å². The lowest BCUT2D eigenvalue weighted by molar-refractivity contribution is -0.139. The molecule has 2 heterocycles. The highest BCUT2D eigenvalue weighted by molar-refractivity contribution is 6.10. The van der Waals surface area contributed by atoms with Gasteiger partial charge in [-0.05, 0) is 43.9 Å². The highest BCUT2D eigenvalue weighted by Gasteiger charge is 2.54. The molecule has 1 spiro atoms. The van der Waals surface area contributed by atoms with Gasteiger partial charge in [0.1, 0.15) is 23.1 Å². The van der Waals surface area contributed by atoms with Gasteiger partial charge in [0, 0.05) is 44.6 Å². The van der Waals surface area contributed by atoms with Crippen LogP contribution in [0.5, 0.6) is 11.5 Å². The topological polar surface area (TPSA) is 114 Å². The van der Waals surface area contributed by atoms with Gasteiger partial charge in [-0.3, -0.25) is 14.9 Å². The van der Waals surface area contributed by atoms with E-state index in [2.05, 4.69) is 20.6 Å². The van der Waals surface area contributed by atoms with Crippen LogP contribution in [0.15, 0.2) is 36.7 Å². The quantitative estimate of drug-likeness (QED) is 0.602. The Bertz CT molecular complexity index is 1110. The molecule has 2 N–H and O–H groups in total. The van der Waals surface area contributed by atoms with E-state index in [4.69, 9.17) is 4.74 Å². The minimum Gasteiger partial charge on any atom is -0.456 e. The number of nitrogens with one attached hydrogen (secondary N) is 2. The van der Waals surface area contributed by atoms with Crippen molar-refractivity contribution in [3.05, 3.63) is 36.7 Å². The summed E-state index contributed by atoms with van der Waals surface area (Å²) in [5.74, 6) is -2.91. The number of amides is 3. The monoisotopic (exact) mass is 487 g/mol. The number of carbonyl (C=O) groups excluding carboxylic acids is 3. The molecule has 2 saturated carbocycles. The van der Waals surface area contributed by atoms with Gasteiger partial charge in [0.2, 0.25) is 11.8 Å². The first kappa shape index (κ1) is 24.5. The van der Waals surface area contributed by atoms with Crippen molar-refractivity contribution in [3.63, 3.8) is 0 Å². The Kier molecular flexibility index (Phi) is 6.68. The summed E-state index contributed by atoms with van der Waals surface area (Å²) in [6, 6.07) is 5.98. The molecule has 1 atom stereocenters. The maximum Gasteiger partial charge on any atom is 0.322 e. The normalized spacial score (nSPS) is 20.3. The molecule has 2 aliphatic carbocycles. The highest BCUT2D eigenvalue weighted by atomic mass is 19.3. The summed E-state index contributed by atoms with van der Waals surface area (Å²) >= 11 is 0. The molecule has 186 valence electrons. The fourth-order valence-corrected chi connectivity index (χ4v) is 4.51. The molecule has 0 aliphatic heterocycles. The predicted octanol–water partition coefficient (Wildman–Crippen LogP) is 4.48. The zero-order valence-corrected chi connectivity index (χ0v) is 19.5. The van der Waals surface area contributed by atoms with Crippen molar-refractivity contribution < 1.29 is 27.9 Å². The molecule has 35 heavy (non-hydrogen) atoms. The molecule has 4 rings (SSSR count). The summed E-state index contributed by atoms with van der Waals surface area (Å²) < 4.78 is 32.8. The van der Waals surface area contributed by atoms with Crippen LogP contribution in [0, 0.1) is 11.3 Å². The van der Waals surface area contributed by atoms with E-state index in [0.717, 1.165) is 0 Å². The number of hydrogen-bond donors (Lipinski definition) is 2. The predicted molar refractivity (Wildman–Crippen MR) is 123 cm³/mol. The van der Waals surface area contributed by atoms with E-state index in [-0.39, 0.29) is 43.3 Å². The third-order valence-corrected chi connectivity index (χ3v) is 6.60. The zero-order valence-electron chi connectivity index (χ0n) is 19.5. The lowest BCUT2D eigenvalue weighted by Gasteiger charge is -2.35. The van der Waals surface area contributed by atoms with E-state index < -0.39 is 23.2 Å². The van der Waals surface area contributed by atoms with Crippen LogP contribution in [0.25, 0.3) is 0 Å². The Morgan fingerprint density at radius 2 is 1.74 bits per heavy atom. The molecule has 0 radical (unpaired) electrons. The average Bonchev–Trinajstić information content (AvgIpc) is 3.13. The number of hydrogen-bond acceptors (Lipinski definition) is 6. The molecule has 1 unspecified atom stereocenters. The molecule has 2 aliphatic rings. The van der Waals surface area contributed by atoms with E-state index >= 15 is 0 Å². The average molecular weight is 488 g/mol. The number of aromatic nitrogens is 2. The summed E-state index contributed by atoms with van der Waals surface area (Å²) in [6.07, 6.45) is 3.35. The number of ether oxygens (including phenoxy) is 1. The molecular formula is C24H27F2N5O4. The van der Waals surface area contributed by atoms with Crippen LogP contribution in [-0.2, 0) is 9.59 Å². The lowest BCUT2D eigenvalue weighted by Crippen LogP contribution is -2.39. The van der Waals surface area contributed by atoms with Crippen LogP contribution in [0.1, 0.15) is 38.5 Å². The Labute approximate surface area is 201 Å². The molecule has 9 nitrogen and oxygen atoms in total. The van der Waals surface area contributed by atoms with Crippen molar-refractivity contribution in [1.29, 1.82) is 0 Å². The van der Waals surface area contributed by atoms with Gasteiger partial charge in [-0.1, -0.05) is 0 Å². The van der Waals surface area contributed by atoms with Gasteiger partial charge in [0.05, 0.1) is 12.1 Å². The number of rotatable bonds is 5. The second kappa shape index (κ2) is 9.55. The molecule has 11 heteroatoms. The van der Waals surface area contributed by atoms with Crippen molar-refractivity contribution >= 4 is 29.4 Å². The van der Waals surface area contributed by atoms with Crippen LogP contribution in [0.4, 0.5) is 25.2 Å². The summed E-state index contributed by atoms with van der Waals surface area (Å²) in [7, 11) is 3.22. The van der Waals surface area contributed by atoms with Gasteiger partial charge in [-0.25, -0.2) is 23.5 Å². The summed E-state index contributed by atoms with van der Waals surface area (Å²) in [5.41, 5.74) is -0.801. The largest absolute Gasteiger partial charge is 0.456 e. The maximum atomic E-state index is 13.5. The number of Topliss-reactive ketones (excluding diaryl/α,β-unsaturated/α-hetero) is 1. The molecule has 3 amide bonds. The molecule has 0 saturated heterocycles. The summed E-state index contributed by atoms with van der Waals surface area (Å²) in [4.78, 5) is 47.0. The molecule has 0 bridgehead atoms. The van der Waals surface area contributed by atoms with Crippen molar-refractivity contribution in [2.75, 3.05) is 24.7 Å². The molecule has 2 aromatic rings. The second-order valence-electron chi connectivity index (χ2n) is 9.26. The Hall–Kier alpha value is -3.63. The highest BCUT2D eigenvalue weighted by Crippen LogP contribution is 2.52. The number of halogens is 2. The number of nitrogens with zero attached hydrogens (tertiary/aromatic N) is 3. The fraction of sp³-hybridized carbons (Fsp3) is 0.458. The van der Waals surface area contributed by atoms with Crippen molar-refractivity contribution in [1.82, 2.24) is 14.9 Å². The first-order valence-corrected chi connectivity index (χ1v) is 11.4. The van der Waals surface area contributed by atoms with Crippen LogP contribution in [0.2, 0.25) is 0 Å². The first-order chi connectivity index (χ1) is 16.6. The number of alkyl halides is 2. The number of urea groups is 1. The SMILES string of the molecule is CN(C)C(=O)Nc1cc(Oc2ccc(NC(=O)C3CCC4(CCC(F)(F)CC4)C3=O)nc2)ccn1. The van der Waals surface area contributed by atoms with Gasteiger partial charge in [-0.2, -0.15) is 0 Å². The number of ketones is 1. The summed E-state index contributed by atoms with van der Waals surface area (Å²) in [5, 5.41) is 5.27. The van der Waals surface area contributed by atoms with Gasteiger partial charge in [0.15, 0.2) is 5.78 Å². The van der Waals surface area contributed by atoms with Gasteiger partial charge in [0.25, 0.3) is 0 Å². The standard InChI is InChI=1S/C24H27F2N5O4/c1-31(2)22(34)30-19-13-15(6-12-27-19)35-16-3-4-18(28-14-16)29-21(33)17-5-7-23(20(17)32)8-10-24(25,26)11-9-23/h3-4,6,12-14,17H,5,7-11H2,1-2H3,(H,27,30,34)(H,28,29,33). The Balaban J connectivity index is 1.34. The molecule has 2 aromatic heterocycles. The van der Waals surface area contributed by atoms with Crippen LogP contribution in [0.3, 0.4) is 0 Å². The third-order valence-electron chi connectivity index (χ3n) is 6.60. The maximum absolute atomic E-state index is 13.5. The lowest BCUT2D eigenvalue weighted by atomic mass is 9.70. The fourth-order valence-electron chi connectivity index (χ4n) is 4.51. The van der Waals surface area contributed by atoms with Crippen molar-refractivity contribution in [3.8, 4) is 11.5 Å². The minimum atomic E-state index is -2.72. The number of anilines is 2. The number of pyridine rings is 2. The molecule has 2 fully saturated rings. The zero-order chi connectivity index (χ0) is 25.2. The van der Waals surface area contributed by atoms with Gasteiger partial charge in [-0.15, -0.1) is 0 Å². The van der Waals surface area contributed by atoms with E-state index in [9.17, 15) is 23.2 Å². The summed E-state index contributed by atoms with van der Waals surface area (Å²) in [6.45, 7) is 0. The van der Waals surface area contributed by atoms with E-state index in [1.54, 1.807) is 38.4 Å². The van der Waals surface area contributed by atoms with Gasteiger partial charge < -0.3 is 15.0 Å². The molecular weight excluding hydrogens is 460 g/mol. The first-order valence-electron chi connectivity index (χ1n) is 11.4. The Morgan fingerprint density at radius 1 is 1.00 bits per heavy atom. The smallest absolute Gasteiger partial charge is 0.322 e. The minimum absolute atomic E-state index is 0.127. The van der Waals surface area contributed by atoms with Crippen LogP contribution in [-0.4, -0.2) is 52.6 Å². The Morgan fingerprint density at radius 3 is 2.40 bits per heavy atom. The number of carbonyl (C=O) groups is 3. The van der Waals surface area contributed by atoms with Crippen molar-refractivity contribution in [2.45, 2.75) is 44.4 Å². The van der Waals surface area contributed by atoms with Crippen molar-refractivity contribution in [2.24, 2.45) is 11.3 Å². The van der Waals surface area contributed by atoms with Crippen LogP contribution >= 0.6 is 0 Å².